The van der Waals surface area contributed by atoms with Crippen molar-refractivity contribution in [3.63, 3.8) is 0 Å². The number of amides is 1. The molecule has 1 amide bonds. The molecule has 7 heteroatoms. The molecule has 1 aromatic rings. The van der Waals surface area contributed by atoms with Gasteiger partial charge in [0.05, 0.1) is 10.6 Å². The van der Waals surface area contributed by atoms with Gasteiger partial charge in [-0.3, -0.25) is 4.79 Å². The number of halogens is 1. The van der Waals surface area contributed by atoms with E-state index in [4.69, 9.17) is 5.73 Å². The Kier molecular flexibility index (Phi) is 6.84. The molecule has 0 saturated heterocycles. The number of rotatable bonds is 5. The second-order valence-electron chi connectivity index (χ2n) is 5.43. The van der Waals surface area contributed by atoms with Crippen LogP contribution in [0.2, 0.25) is 0 Å². The fraction of sp³-hybridized carbons (Fsp3) is 0.533. The molecule has 0 spiro atoms. The summed E-state index contributed by atoms with van der Waals surface area (Å²) in [6, 6.07) is 6.22. The van der Waals surface area contributed by atoms with Gasteiger partial charge in [0.2, 0.25) is 0 Å². The van der Waals surface area contributed by atoms with Gasteiger partial charge in [0.25, 0.3) is 5.91 Å². The average Bonchev–Trinajstić information content (AvgIpc) is 2.94. The maximum Gasteiger partial charge on any atom is 0.251 e. The second kappa shape index (κ2) is 7.94. The molecule has 3 N–H and O–H groups in total. The Balaban J connectivity index is 0.00000242. The SMILES string of the molecule is CCS(=O)(=O)c1ccc(C(=O)NC2CCCC2CN)cc1.Cl. The summed E-state index contributed by atoms with van der Waals surface area (Å²) in [7, 11) is -3.22. The molecule has 0 aliphatic heterocycles. The summed E-state index contributed by atoms with van der Waals surface area (Å²) in [5.74, 6) is 0.230. The van der Waals surface area contributed by atoms with E-state index in [9.17, 15) is 13.2 Å². The average molecular weight is 347 g/mol. The third kappa shape index (κ3) is 4.21. The van der Waals surface area contributed by atoms with Gasteiger partial charge in [-0.1, -0.05) is 13.3 Å². The van der Waals surface area contributed by atoms with Gasteiger partial charge < -0.3 is 11.1 Å². The minimum Gasteiger partial charge on any atom is -0.349 e. The highest BCUT2D eigenvalue weighted by Gasteiger charge is 2.27. The molecule has 0 bridgehead atoms. The third-order valence-electron chi connectivity index (χ3n) is 4.13. The van der Waals surface area contributed by atoms with Crippen LogP contribution in [0.4, 0.5) is 0 Å². The maximum atomic E-state index is 12.2. The van der Waals surface area contributed by atoms with E-state index in [1.807, 2.05) is 0 Å². The predicted octanol–water partition coefficient (Wildman–Crippen LogP) is 1.76. The number of nitrogens with one attached hydrogen (secondary N) is 1. The number of hydrogen-bond donors (Lipinski definition) is 2. The fourth-order valence-electron chi connectivity index (χ4n) is 2.74. The molecule has 1 aliphatic carbocycles. The quantitative estimate of drug-likeness (QED) is 0.850. The molecule has 1 aliphatic rings. The molecule has 124 valence electrons. The van der Waals surface area contributed by atoms with Crippen molar-refractivity contribution >= 4 is 28.2 Å². The number of benzene rings is 1. The first-order chi connectivity index (χ1) is 9.97. The molecular formula is C15H23ClN2O3S. The molecule has 2 atom stereocenters. The minimum absolute atomic E-state index is 0. The van der Waals surface area contributed by atoms with E-state index in [1.54, 1.807) is 19.1 Å². The van der Waals surface area contributed by atoms with E-state index in [2.05, 4.69) is 5.32 Å². The van der Waals surface area contributed by atoms with Crippen molar-refractivity contribution in [1.82, 2.24) is 5.32 Å². The van der Waals surface area contributed by atoms with Crippen molar-refractivity contribution in [3.8, 4) is 0 Å². The van der Waals surface area contributed by atoms with Crippen LogP contribution in [0.1, 0.15) is 36.5 Å². The Hall–Kier alpha value is -1.11. The van der Waals surface area contributed by atoms with Gasteiger partial charge in [0.15, 0.2) is 9.84 Å². The summed E-state index contributed by atoms with van der Waals surface area (Å²) in [6.07, 6.45) is 3.09. The number of hydrogen-bond acceptors (Lipinski definition) is 4. The van der Waals surface area contributed by atoms with Crippen LogP contribution in [0.5, 0.6) is 0 Å². The van der Waals surface area contributed by atoms with Gasteiger partial charge in [-0.2, -0.15) is 0 Å². The molecule has 0 aromatic heterocycles. The van der Waals surface area contributed by atoms with Crippen molar-refractivity contribution in [2.75, 3.05) is 12.3 Å². The van der Waals surface area contributed by atoms with Crippen molar-refractivity contribution < 1.29 is 13.2 Å². The van der Waals surface area contributed by atoms with E-state index < -0.39 is 9.84 Å². The predicted molar refractivity (Wildman–Crippen MR) is 89.1 cm³/mol. The van der Waals surface area contributed by atoms with E-state index in [0.29, 0.717) is 18.0 Å². The number of nitrogens with two attached hydrogens (primary N) is 1. The molecule has 0 heterocycles. The molecule has 0 radical (unpaired) electrons. The molecule has 1 fully saturated rings. The zero-order valence-corrected chi connectivity index (χ0v) is 14.3. The summed E-state index contributed by atoms with van der Waals surface area (Å²) >= 11 is 0. The van der Waals surface area contributed by atoms with Crippen molar-refractivity contribution in [2.24, 2.45) is 11.7 Å². The van der Waals surface area contributed by atoms with Gasteiger partial charge in [0, 0.05) is 11.6 Å². The summed E-state index contributed by atoms with van der Waals surface area (Å²) in [5.41, 5.74) is 6.18. The van der Waals surface area contributed by atoms with Crippen LogP contribution in [0.3, 0.4) is 0 Å². The minimum atomic E-state index is -3.22. The Morgan fingerprint density at radius 3 is 2.45 bits per heavy atom. The molecule has 1 aromatic carbocycles. The van der Waals surface area contributed by atoms with Crippen molar-refractivity contribution in [1.29, 1.82) is 0 Å². The highest BCUT2D eigenvalue weighted by atomic mass is 35.5. The Morgan fingerprint density at radius 1 is 1.27 bits per heavy atom. The summed E-state index contributed by atoms with van der Waals surface area (Å²) < 4.78 is 23.5. The van der Waals surface area contributed by atoms with Gasteiger partial charge in [-0.05, 0) is 49.6 Å². The molecule has 22 heavy (non-hydrogen) atoms. The van der Waals surface area contributed by atoms with Gasteiger partial charge in [-0.15, -0.1) is 12.4 Å². The smallest absolute Gasteiger partial charge is 0.251 e. The highest BCUT2D eigenvalue weighted by Crippen LogP contribution is 2.25. The van der Waals surface area contributed by atoms with Crippen LogP contribution in [0, 0.1) is 5.92 Å². The highest BCUT2D eigenvalue weighted by molar-refractivity contribution is 7.91. The Bertz CT molecular complexity index is 602. The van der Waals surface area contributed by atoms with Crippen LogP contribution in [-0.2, 0) is 9.84 Å². The van der Waals surface area contributed by atoms with Crippen LogP contribution in [0.15, 0.2) is 29.2 Å². The normalized spacial score (nSPS) is 21.2. The molecule has 2 unspecified atom stereocenters. The lowest BCUT2D eigenvalue weighted by Gasteiger charge is -2.19. The van der Waals surface area contributed by atoms with Gasteiger partial charge in [0.1, 0.15) is 0 Å². The first-order valence-corrected chi connectivity index (χ1v) is 8.97. The molecular weight excluding hydrogens is 324 g/mol. The van der Waals surface area contributed by atoms with Gasteiger partial charge >= 0.3 is 0 Å². The van der Waals surface area contributed by atoms with E-state index in [1.165, 1.54) is 12.1 Å². The number of sulfone groups is 1. The van der Waals surface area contributed by atoms with Gasteiger partial charge in [-0.25, -0.2) is 8.42 Å². The van der Waals surface area contributed by atoms with Crippen LogP contribution in [0.25, 0.3) is 0 Å². The topological polar surface area (TPSA) is 89.3 Å². The lowest BCUT2D eigenvalue weighted by atomic mass is 10.0. The van der Waals surface area contributed by atoms with Crippen molar-refractivity contribution in [2.45, 2.75) is 37.1 Å². The standard InChI is InChI=1S/C15H22N2O3S.ClH/c1-2-21(19,20)13-8-6-11(7-9-13)15(18)17-14-5-3-4-12(14)10-16;/h6-9,12,14H,2-5,10,16H2,1H3,(H,17,18);1H. The number of carbonyl (C=O) groups is 1. The summed E-state index contributed by atoms with van der Waals surface area (Å²) in [5, 5.41) is 3.00. The van der Waals surface area contributed by atoms with E-state index >= 15 is 0 Å². The summed E-state index contributed by atoms with van der Waals surface area (Å²) in [6.45, 7) is 2.18. The molecule has 2 rings (SSSR count). The first-order valence-electron chi connectivity index (χ1n) is 7.31. The lowest BCUT2D eigenvalue weighted by Crippen LogP contribution is -2.39. The first kappa shape index (κ1) is 18.9. The Morgan fingerprint density at radius 2 is 1.91 bits per heavy atom. The van der Waals surface area contributed by atoms with Crippen molar-refractivity contribution in [3.05, 3.63) is 29.8 Å². The second-order valence-corrected chi connectivity index (χ2v) is 7.71. The largest absolute Gasteiger partial charge is 0.349 e. The van der Waals surface area contributed by atoms with Crippen LogP contribution in [-0.4, -0.2) is 32.7 Å². The van der Waals surface area contributed by atoms with Crippen LogP contribution < -0.4 is 11.1 Å². The monoisotopic (exact) mass is 346 g/mol. The maximum absolute atomic E-state index is 12.2. The number of carbonyl (C=O) groups excluding carboxylic acids is 1. The zero-order chi connectivity index (χ0) is 15.5. The lowest BCUT2D eigenvalue weighted by molar-refractivity contribution is 0.0928. The van der Waals surface area contributed by atoms with Crippen LogP contribution >= 0.6 is 12.4 Å². The fourth-order valence-corrected chi connectivity index (χ4v) is 3.63. The van der Waals surface area contributed by atoms with E-state index in [0.717, 1.165) is 19.3 Å². The zero-order valence-electron chi connectivity index (χ0n) is 12.6. The van der Waals surface area contributed by atoms with E-state index in [-0.39, 0.29) is 35.0 Å². The Labute approximate surface area is 138 Å². The third-order valence-corrected chi connectivity index (χ3v) is 5.88. The molecule has 1 saturated carbocycles. The molecule has 5 nitrogen and oxygen atoms in total. The summed E-state index contributed by atoms with van der Waals surface area (Å²) in [4.78, 5) is 12.4.